The lowest BCUT2D eigenvalue weighted by atomic mass is 10.1. The van der Waals surface area contributed by atoms with Crippen molar-refractivity contribution in [3.8, 4) is 0 Å². The summed E-state index contributed by atoms with van der Waals surface area (Å²) in [7, 11) is 0. The summed E-state index contributed by atoms with van der Waals surface area (Å²) in [5.41, 5.74) is 8.56. The Balaban J connectivity index is 2.29. The predicted molar refractivity (Wildman–Crippen MR) is 61.1 cm³/mol. The van der Waals surface area contributed by atoms with Crippen molar-refractivity contribution in [3.63, 3.8) is 0 Å². The molecule has 72 valence electrons. The van der Waals surface area contributed by atoms with Crippen LogP contribution in [0.5, 0.6) is 0 Å². The Labute approximate surface area is 90.6 Å². The zero-order chi connectivity index (χ0) is 9.76. The van der Waals surface area contributed by atoms with Gasteiger partial charge in [-0.2, -0.15) is 0 Å². The second-order valence-corrected chi connectivity index (χ2v) is 4.96. The van der Waals surface area contributed by atoms with E-state index >= 15 is 0 Å². The minimum absolute atomic E-state index is 0.0565. The van der Waals surface area contributed by atoms with Crippen LogP contribution in [0.1, 0.15) is 18.4 Å². The third-order valence-corrected chi connectivity index (χ3v) is 3.46. The van der Waals surface area contributed by atoms with Gasteiger partial charge in [0.25, 0.3) is 0 Å². The molecule has 3 N–H and O–H groups in total. The lowest BCUT2D eigenvalue weighted by Crippen LogP contribution is -2.17. The average molecular weight is 251 g/mol. The van der Waals surface area contributed by atoms with Gasteiger partial charge in [-0.05, 0) is 36.6 Å². The van der Waals surface area contributed by atoms with Gasteiger partial charge >= 0.3 is 0 Å². The molecule has 2 nitrogen and oxygen atoms in total. The summed E-state index contributed by atoms with van der Waals surface area (Å²) in [5.74, 6) is 0. The van der Waals surface area contributed by atoms with E-state index in [0.29, 0.717) is 0 Å². The van der Waals surface area contributed by atoms with Gasteiger partial charge in [0, 0.05) is 27.1 Å². The maximum atomic E-state index is 6.19. The average Bonchev–Trinajstić information content (AvgIpc) is 2.77. The topological polar surface area (TPSA) is 41.8 Å². The third kappa shape index (κ3) is 1.12. The van der Waals surface area contributed by atoms with E-state index in [4.69, 9.17) is 5.73 Å². The van der Waals surface area contributed by atoms with Gasteiger partial charge in [-0.1, -0.05) is 15.9 Å². The van der Waals surface area contributed by atoms with Gasteiger partial charge in [0.05, 0.1) is 0 Å². The smallest absolute Gasteiger partial charge is 0.0458 e. The first-order chi connectivity index (χ1) is 6.69. The minimum atomic E-state index is -0.0565. The summed E-state index contributed by atoms with van der Waals surface area (Å²) >= 11 is 3.48. The van der Waals surface area contributed by atoms with E-state index in [1.807, 2.05) is 12.3 Å². The van der Waals surface area contributed by atoms with Crippen LogP contribution in [0, 0.1) is 0 Å². The van der Waals surface area contributed by atoms with Gasteiger partial charge < -0.3 is 10.7 Å². The van der Waals surface area contributed by atoms with E-state index < -0.39 is 0 Å². The number of fused-ring (bicyclic) bond motifs is 1. The molecule has 1 aromatic carbocycles. The lowest BCUT2D eigenvalue weighted by molar-refractivity contribution is 0.747. The zero-order valence-corrected chi connectivity index (χ0v) is 9.26. The molecule has 0 aliphatic heterocycles. The summed E-state index contributed by atoms with van der Waals surface area (Å²) in [4.78, 5) is 3.26. The van der Waals surface area contributed by atoms with Crippen LogP contribution in [0.4, 0.5) is 0 Å². The van der Waals surface area contributed by atoms with Gasteiger partial charge in [-0.15, -0.1) is 0 Å². The van der Waals surface area contributed by atoms with Crippen molar-refractivity contribution >= 4 is 26.8 Å². The molecule has 3 rings (SSSR count). The minimum Gasteiger partial charge on any atom is -0.361 e. The highest BCUT2D eigenvalue weighted by molar-refractivity contribution is 9.10. The van der Waals surface area contributed by atoms with Crippen molar-refractivity contribution in [2.75, 3.05) is 0 Å². The maximum absolute atomic E-state index is 6.19. The third-order valence-electron chi connectivity index (χ3n) is 2.97. The van der Waals surface area contributed by atoms with E-state index in [2.05, 4.69) is 33.0 Å². The molecule has 1 saturated carbocycles. The Kier molecular flexibility index (Phi) is 1.59. The molecule has 1 aliphatic carbocycles. The van der Waals surface area contributed by atoms with Gasteiger partial charge in [0.1, 0.15) is 0 Å². The lowest BCUT2D eigenvalue weighted by Gasteiger charge is -2.06. The molecule has 0 atom stereocenters. The van der Waals surface area contributed by atoms with E-state index in [9.17, 15) is 0 Å². The molecule has 0 bridgehead atoms. The molecule has 14 heavy (non-hydrogen) atoms. The van der Waals surface area contributed by atoms with E-state index in [0.717, 1.165) is 17.3 Å². The number of aromatic nitrogens is 1. The first-order valence-electron chi connectivity index (χ1n) is 4.75. The molecule has 1 aliphatic rings. The monoisotopic (exact) mass is 250 g/mol. The summed E-state index contributed by atoms with van der Waals surface area (Å²) in [6.07, 6.45) is 4.25. The predicted octanol–water partition coefficient (Wildman–Crippen LogP) is 2.88. The number of nitrogens with one attached hydrogen (secondary N) is 1. The van der Waals surface area contributed by atoms with Crippen LogP contribution in [0.3, 0.4) is 0 Å². The molecule has 0 saturated heterocycles. The summed E-state index contributed by atoms with van der Waals surface area (Å²) in [6.45, 7) is 0. The Morgan fingerprint density at radius 1 is 1.36 bits per heavy atom. The Morgan fingerprint density at radius 2 is 2.14 bits per heavy atom. The van der Waals surface area contributed by atoms with Crippen molar-refractivity contribution in [1.29, 1.82) is 0 Å². The Hall–Kier alpha value is -0.800. The molecule has 1 heterocycles. The molecule has 0 radical (unpaired) electrons. The number of nitrogens with two attached hydrogens (primary N) is 1. The molecule has 2 aromatic rings. The number of hydrogen-bond donors (Lipinski definition) is 2. The van der Waals surface area contributed by atoms with E-state index in [1.54, 1.807) is 0 Å². The maximum Gasteiger partial charge on any atom is 0.0458 e. The molecular weight excluding hydrogens is 240 g/mol. The van der Waals surface area contributed by atoms with Crippen LogP contribution in [0.15, 0.2) is 28.9 Å². The number of halogens is 1. The Bertz CT molecular complexity index is 497. The van der Waals surface area contributed by atoms with Crippen molar-refractivity contribution in [3.05, 3.63) is 34.4 Å². The normalized spacial score (nSPS) is 18.7. The standard InChI is InChI=1S/C11H11BrN2/c12-7-1-2-10-8(5-7)9(6-14-10)11(13)3-4-11/h1-2,5-6,14H,3-4,13H2. The number of rotatable bonds is 1. The fourth-order valence-electron chi connectivity index (χ4n) is 1.91. The zero-order valence-electron chi connectivity index (χ0n) is 7.68. The van der Waals surface area contributed by atoms with Crippen molar-refractivity contribution in [2.45, 2.75) is 18.4 Å². The number of aromatic amines is 1. The molecule has 0 spiro atoms. The highest BCUT2D eigenvalue weighted by atomic mass is 79.9. The van der Waals surface area contributed by atoms with Gasteiger partial charge in [0.2, 0.25) is 0 Å². The number of hydrogen-bond acceptors (Lipinski definition) is 1. The van der Waals surface area contributed by atoms with Crippen LogP contribution in [-0.4, -0.2) is 4.98 Å². The van der Waals surface area contributed by atoms with Crippen LogP contribution in [0.25, 0.3) is 10.9 Å². The van der Waals surface area contributed by atoms with Crippen molar-refractivity contribution in [2.24, 2.45) is 5.73 Å². The fourth-order valence-corrected chi connectivity index (χ4v) is 2.27. The largest absolute Gasteiger partial charge is 0.361 e. The summed E-state index contributed by atoms with van der Waals surface area (Å²) in [6, 6.07) is 6.25. The summed E-state index contributed by atoms with van der Waals surface area (Å²) in [5, 5.41) is 1.25. The molecule has 1 fully saturated rings. The SMILES string of the molecule is NC1(c2c[nH]c3ccc(Br)cc23)CC1. The first-order valence-corrected chi connectivity index (χ1v) is 5.54. The highest BCUT2D eigenvalue weighted by Gasteiger charge is 2.41. The van der Waals surface area contributed by atoms with E-state index in [1.165, 1.54) is 16.5 Å². The molecule has 1 aromatic heterocycles. The fraction of sp³-hybridized carbons (Fsp3) is 0.273. The summed E-state index contributed by atoms with van der Waals surface area (Å²) < 4.78 is 1.11. The molecule has 0 amide bonds. The molecule has 0 unspecified atom stereocenters. The van der Waals surface area contributed by atoms with Gasteiger partial charge in [0.15, 0.2) is 0 Å². The molecular formula is C11H11BrN2. The van der Waals surface area contributed by atoms with Gasteiger partial charge in [-0.25, -0.2) is 0 Å². The van der Waals surface area contributed by atoms with Crippen molar-refractivity contribution in [1.82, 2.24) is 4.98 Å². The molecule has 3 heteroatoms. The van der Waals surface area contributed by atoms with E-state index in [-0.39, 0.29) is 5.54 Å². The van der Waals surface area contributed by atoms with Crippen LogP contribution < -0.4 is 5.73 Å². The van der Waals surface area contributed by atoms with Gasteiger partial charge in [-0.3, -0.25) is 0 Å². The van der Waals surface area contributed by atoms with Crippen LogP contribution >= 0.6 is 15.9 Å². The van der Waals surface area contributed by atoms with Crippen LogP contribution in [-0.2, 0) is 5.54 Å². The number of benzene rings is 1. The Morgan fingerprint density at radius 3 is 2.86 bits per heavy atom. The second-order valence-electron chi connectivity index (χ2n) is 4.05. The quantitative estimate of drug-likeness (QED) is 0.803. The van der Waals surface area contributed by atoms with Crippen LogP contribution in [0.2, 0.25) is 0 Å². The highest BCUT2D eigenvalue weighted by Crippen LogP contribution is 2.45. The second kappa shape index (κ2) is 2.61. The number of H-pyrrole nitrogens is 1. The van der Waals surface area contributed by atoms with Crippen molar-refractivity contribution < 1.29 is 0 Å². The first kappa shape index (κ1) is 8.50.